The molecule has 2 aliphatic carbocycles. The summed E-state index contributed by atoms with van der Waals surface area (Å²) in [4.78, 5) is 30.0. The monoisotopic (exact) mass is 490 g/mol. The van der Waals surface area contributed by atoms with Gasteiger partial charge in [-0.2, -0.15) is 5.26 Å². The molecule has 35 heavy (non-hydrogen) atoms. The molecule has 0 fully saturated rings. The molecule has 182 valence electrons. The fourth-order valence-corrected chi connectivity index (χ4v) is 7.14. The number of anilines is 1. The molecule has 0 spiro atoms. The predicted molar refractivity (Wildman–Crippen MR) is 135 cm³/mol. The first-order valence-electron chi connectivity index (χ1n) is 12.4. The number of hydrogen-bond donors (Lipinski definition) is 0. The molecule has 5 rings (SSSR count). The van der Waals surface area contributed by atoms with Crippen molar-refractivity contribution in [2.75, 3.05) is 19.1 Å². The van der Waals surface area contributed by atoms with Gasteiger partial charge in [0.1, 0.15) is 11.1 Å². The van der Waals surface area contributed by atoms with E-state index in [0.29, 0.717) is 41.9 Å². The molecule has 1 aromatic heterocycles. The van der Waals surface area contributed by atoms with Crippen molar-refractivity contribution >= 4 is 28.0 Å². The number of benzene rings is 1. The number of fused-ring (bicyclic) bond motifs is 1. The molecule has 1 aliphatic heterocycles. The molecule has 0 radical (unpaired) electrons. The summed E-state index contributed by atoms with van der Waals surface area (Å²) < 4.78 is 10.9. The van der Waals surface area contributed by atoms with Gasteiger partial charge in [0.25, 0.3) is 0 Å². The van der Waals surface area contributed by atoms with E-state index in [1.807, 2.05) is 18.2 Å². The lowest BCUT2D eigenvalue weighted by Crippen LogP contribution is -2.40. The lowest BCUT2D eigenvalue weighted by molar-refractivity contribution is -0.119. The molecule has 2 aromatic rings. The summed E-state index contributed by atoms with van der Waals surface area (Å²) in [6.45, 7) is 0. The lowest BCUT2D eigenvalue weighted by Gasteiger charge is -2.38. The van der Waals surface area contributed by atoms with E-state index in [1.165, 1.54) is 17.7 Å². The molecule has 2 heterocycles. The summed E-state index contributed by atoms with van der Waals surface area (Å²) in [5, 5.41) is 10.9. The minimum absolute atomic E-state index is 0.0519. The Bertz CT molecular complexity index is 1250. The minimum atomic E-state index is -0.326. The highest BCUT2D eigenvalue weighted by Gasteiger charge is 2.41. The average molecular weight is 491 g/mol. The Kier molecular flexibility index (Phi) is 6.66. The topological polar surface area (TPSA) is 79.6 Å². The van der Waals surface area contributed by atoms with E-state index in [2.05, 4.69) is 6.07 Å². The largest absolute Gasteiger partial charge is 0.493 e. The molecule has 1 unspecified atom stereocenters. The van der Waals surface area contributed by atoms with Crippen LogP contribution in [0.5, 0.6) is 11.5 Å². The van der Waals surface area contributed by atoms with Gasteiger partial charge in [-0.1, -0.05) is 18.9 Å². The first-order valence-corrected chi connectivity index (χ1v) is 13.2. The van der Waals surface area contributed by atoms with Gasteiger partial charge in [0.15, 0.2) is 17.3 Å². The van der Waals surface area contributed by atoms with Gasteiger partial charge in [-0.05, 0) is 61.8 Å². The smallest absolute Gasteiger partial charge is 0.232 e. The van der Waals surface area contributed by atoms with Crippen molar-refractivity contribution < 1.29 is 19.1 Å². The first kappa shape index (κ1) is 23.6. The van der Waals surface area contributed by atoms with Crippen molar-refractivity contribution in [3.8, 4) is 17.6 Å². The summed E-state index contributed by atoms with van der Waals surface area (Å²) >= 11 is 1.59. The number of methoxy groups -OCH3 is 2. The number of hydrogen-bond acceptors (Lipinski definition) is 6. The van der Waals surface area contributed by atoms with Crippen molar-refractivity contribution in [3.63, 3.8) is 0 Å². The number of nitriles is 1. The van der Waals surface area contributed by atoms with Crippen molar-refractivity contribution in [2.45, 2.75) is 70.1 Å². The molecule has 0 saturated heterocycles. The van der Waals surface area contributed by atoms with Crippen LogP contribution in [0.1, 0.15) is 78.9 Å². The maximum Gasteiger partial charge on any atom is 0.232 e. The lowest BCUT2D eigenvalue weighted by atomic mass is 9.77. The van der Waals surface area contributed by atoms with Gasteiger partial charge in [-0.25, -0.2) is 0 Å². The van der Waals surface area contributed by atoms with Crippen LogP contribution in [0.15, 0.2) is 29.5 Å². The maximum atomic E-state index is 13.8. The zero-order chi connectivity index (χ0) is 24.5. The molecule has 1 atom stereocenters. The molecule has 1 amide bonds. The van der Waals surface area contributed by atoms with Crippen LogP contribution in [0, 0.1) is 11.3 Å². The quantitative estimate of drug-likeness (QED) is 0.539. The third kappa shape index (κ3) is 4.14. The molecule has 0 saturated carbocycles. The Labute approximate surface area is 210 Å². The summed E-state index contributed by atoms with van der Waals surface area (Å²) in [7, 11) is 3.17. The average Bonchev–Trinajstić information content (AvgIpc) is 3.18. The summed E-state index contributed by atoms with van der Waals surface area (Å²) in [6.07, 6.45) is 8.44. The number of carbonyl (C=O) groups excluding carboxylic acids is 2. The number of allylic oxidation sites excluding steroid dienone is 2. The van der Waals surface area contributed by atoms with Crippen LogP contribution in [-0.2, 0) is 22.4 Å². The van der Waals surface area contributed by atoms with Crippen molar-refractivity contribution in [2.24, 2.45) is 0 Å². The number of carbonyl (C=O) groups is 2. The second-order valence-electron chi connectivity index (χ2n) is 9.45. The van der Waals surface area contributed by atoms with Gasteiger partial charge in [0, 0.05) is 34.9 Å². The van der Waals surface area contributed by atoms with Crippen molar-refractivity contribution in [3.05, 3.63) is 51.0 Å². The summed E-state index contributed by atoms with van der Waals surface area (Å²) in [5.41, 5.74) is 4.12. The zero-order valence-electron chi connectivity index (χ0n) is 20.3. The molecule has 0 N–H and O–H groups in total. The van der Waals surface area contributed by atoms with Crippen LogP contribution in [-0.4, -0.2) is 25.9 Å². The van der Waals surface area contributed by atoms with E-state index in [-0.39, 0.29) is 24.0 Å². The number of nitrogens with zero attached hydrogens (tertiary/aromatic N) is 2. The first-order chi connectivity index (χ1) is 17.1. The number of amides is 1. The van der Waals surface area contributed by atoms with Crippen LogP contribution in [0.3, 0.4) is 0 Å². The Morgan fingerprint density at radius 3 is 2.49 bits per heavy atom. The van der Waals surface area contributed by atoms with Crippen molar-refractivity contribution in [1.29, 1.82) is 5.26 Å². The number of Topliss-reactive ketones (excluding diaryl/α,β-unsaturated/α-hetero) is 1. The van der Waals surface area contributed by atoms with Gasteiger partial charge in [-0.3, -0.25) is 14.5 Å². The fourth-order valence-electron chi connectivity index (χ4n) is 5.76. The number of rotatable bonds is 4. The van der Waals surface area contributed by atoms with Gasteiger partial charge in [0.05, 0.1) is 19.8 Å². The zero-order valence-corrected chi connectivity index (χ0v) is 21.1. The van der Waals surface area contributed by atoms with E-state index in [0.717, 1.165) is 47.5 Å². The van der Waals surface area contributed by atoms with E-state index in [4.69, 9.17) is 9.47 Å². The number of ketones is 1. The molecular weight excluding hydrogens is 460 g/mol. The van der Waals surface area contributed by atoms with Gasteiger partial charge in [-0.15, -0.1) is 11.3 Å². The Morgan fingerprint density at radius 1 is 0.971 bits per heavy atom. The van der Waals surface area contributed by atoms with Gasteiger partial charge < -0.3 is 9.47 Å². The molecule has 3 aliphatic rings. The Balaban J connectivity index is 1.64. The highest BCUT2D eigenvalue weighted by atomic mass is 32.1. The predicted octanol–water partition coefficient (Wildman–Crippen LogP) is 5.82. The molecule has 7 heteroatoms. The van der Waals surface area contributed by atoms with Crippen LogP contribution in [0.25, 0.3) is 0 Å². The van der Waals surface area contributed by atoms with E-state index in [1.54, 1.807) is 30.5 Å². The molecule has 0 bridgehead atoms. The fraction of sp³-hybridized carbons (Fsp3) is 0.464. The SMILES string of the molecule is COc1ccc(C2CC(=O)N(c3sc4c(c3C#N)CCCCCC4)C3=C2C(=O)CCC3)cc1OC. The standard InChI is InChI=1S/C28H30N2O4S/c1-33-23-13-12-17(14-24(23)34-2)19-15-26(32)30(21-9-7-10-22(31)27(19)21)28-20(16-29)18-8-5-3-4-6-11-25(18)35-28/h12-14,19H,3-11,15H2,1-2H3. The number of ether oxygens (including phenoxy) is 2. The van der Waals surface area contributed by atoms with Crippen LogP contribution in [0.2, 0.25) is 0 Å². The second-order valence-corrected chi connectivity index (χ2v) is 10.5. The molecule has 6 nitrogen and oxygen atoms in total. The number of aryl methyl sites for hydroxylation is 1. The summed E-state index contributed by atoms with van der Waals surface area (Å²) in [6, 6.07) is 8.04. The van der Waals surface area contributed by atoms with E-state index < -0.39 is 0 Å². The van der Waals surface area contributed by atoms with Crippen LogP contribution in [0.4, 0.5) is 5.00 Å². The van der Waals surface area contributed by atoms with Crippen LogP contribution >= 0.6 is 11.3 Å². The summed E-state index contributed by atoms with van der Waals surface area (Å²) in [5.74, 6) is 0.905. The Hall–Kier alpha value is -3.11. The molecular formula is C28H30N2O4S. The van der Waals surface area contributed by atoms with Crippen LogP contribution < -0.4 is 14.4 Å². The second kappa shape index (κ2) is 9.87. The van der Waals surface area contributed by atoms with Gasteiger partial charge >= 0.3 is 0 Å². The highest BCUT2D eigenvalue weighted by Crippen LogP contribution is 2.48. The third-order valence-electron chi connectivity index (χ3n) is 7.45. The normalized spacial score (nSPS) is 20.5. The maximum absolute atomic E-state index is 13.8. The molecule has 1 aromatic carbocycles. The third-order valence-corrected chi connectivity index (χ3v) is 8.73. The number of thiophene rings is 1. The van der Waals surface area contributed by atoms with E-state index >= 15 is 0 Å². The highest BCUT2D eigenvalue weighted by molar-refractivity contribution is 7.16. The van der Waals surface area contributed by atoms with E-state index in [9.17, 15) is 14.9 Å². The van der Waals surface area contributed by atoms with Crippen molar-refractivity contribution in [1.82, 2.24) is 0 Å². The van der Waals surface area contributed by atoms with Gasteiger partial charge in [0.2, 0.25) is 5.91 Å². The minimum Gasteiger partial charge on any atom is -0.493 e. The Morgan fingerprint density at radius 2 is 1.74 bits per heavy atom.